The van der Waals surface area contributed by atoms with Crippen LogP contribution in [0.4, 0.5) is 5.69 Å². The Bertz CT molecular complexity index is 546. The first-order valence-electron chi connectivity index (χ1n) is 5.07. The first-order valence-corrected chi connectivity index (χ1v) is 5.07. The minimum absolute atomic E-state index is 0.663. The maximum Gasteiger partial charge on any atom is 0.159 e. The molecule has 0 aromatic heterocycles. The van der Waals surface area contributed by atoms with Gasteiger partial charge in [-0.05, 0) is 11.6 Å². The lowest BCUT2D eigenvalue weighted by Gasteiger charge is -2.11. The van der Waals surface area contributed by atoms with Gasteiger partial charge in [-0.1, -0.05) is 48.5 Å². The Morgan fingerprint density at radius 2 is 1.65 bits per heavy atom. The fourth-order valence-electron chi connectivity index (χ4n) is 1.63. The lowest BCUT2D eigenvalue weighted by molar-refractivity contribution is 0.912. The summed E-state index contributed by atoms with van der Waals surface area (Å²) in [6.45, 7) is 0. The van der Waals surface area contributed by atoms with Gasteiger partial charge < -0.3 is 0 Å². The number of hydrazine groups is 1. The third kappa shape index (κ3) is 2.36. The summed E-state index contributed by atoms with van der Waals surface area (Å²) in [4.78, 5) is 2.67. The zero-order valence-corrected chi connectivity index (χ0v) is 9.06. The highest BCUT2D eigenvalue weighted by atomic mass is 15.7. The number of hydrogen-bond acceptors (Lipinski definition) is 2. The van der Waals surface area contributed by atoms with Gasteiger partial charge in [0.2, 0.25) is 0 Å². The molecule has 0 spiro atoms. The molecule has 2 aromatic carbocycles. The zero-order valence-electron chi connectivity index (χ0n) is 9.06. The molecule has 17 heavy (non-hydrogen) atoms. The summed E-state index contributed by atoms with van der Waals surface area (Å²) in [5.41, 5.74) is 11.0. The van der Waals surface area contributed by atoms with E-state index in [1.54, 1.807) is 6.07 Å². The summed E-state index contributed by atoms with van der Waals surface area (Å²) in [6.07, 6.45) is 0. The van der Waals surface area contributed by atoms with Gasteiger partial charge >= 0.3 is 0 Å². The average Bonchev–Trinajstić information content (AvgIpc) is 2.40. The Morgan fingerprint density at radius 1 is 1.00 bits per heavy atom. The van der Waals surface area contributed by atoms with Crippen molar-refractivity contribution >= 4 is 5.69 Å². The quantitative estimate of drug-likeness (QED) is 0.286. The van der Waals surface area contributed by atoms with Crippen molar-refractivity contribution in [3.05, 3.63) is 65.0 Å². The molecule has 84 valence electrons. The van der Waals surface area contributed by atoms with Crippen molar-refractivity contribution in [2.45, 2.75) is 0 Å². The predicted octanol–water partition coefficient (Wildman–Crippen LogP) is 3.26. The second-order valence-corrected chi connectivity index (χ2v) is 3.41. The van der Waals surface area contributed by atoms with Gasteiger partial charge in [-0.2, -0.15) is 10.8 Å². The fourth-order valence-corrected chi connectivity index (χ4v) is 1.63. The van der Waals surface area contributed by atoms with Crippen LogP contribution in [0.15, 0.2) is 59.8 Å². The van der Waals surface area contributed by atoms with E-state index in [4.69, 9.17) is 11.4 Å². The molecule has 2 aromatic rings. The van der Waals surface area contributed by atoms with Gasteiger partial charge in [0, 0.05) is 10.8 Å². The minimum Gasteiger partial charge on any atom is -0.167 e. The summed E-state index contributed by atoms with van der Waals surface area (Å²) < 4.78 is 0. The molecule has 0 amide bonds. The van der Waals surface area contributed by atoms with Crippen LogP contribution in [-0.2, 0) is 0 Å². The molecule has 0 aliphatic carbocycles. The Hall–Kier alpha value is -2.49. The van der Waals surface area contributed by atoms with Crippen LogP contribution in [0.5, 0.6) is 0 Å². The van der Waals surface area contributed by atoms with Gasteiger partial charge in [-0.25, -0.2) is 0 Å². The molecule has 0 heterocycles. The molecule has 0 bridgehead atoms. The second kappa shape index (κ2) is 5.03. The topological polar surface area (TPSA) is 78.0 Å². The normalized spacial score (nSPS) is 9.47. The maximum absolute atomic E-state index is 8.40. The monoisotopic (exact) mass is 225 g/mol. The molecule has 0 saturated carbocycles. The summed E-state index contributed by atoms with van der Waals surface area (Å²) in [6, 6.07) is 17.3. The van der Waals surface area contributed by atoms with Crippen LogP contribution in [0.3, 0.4) is 0 Å². The van der Waals surface area contributed by atoms with Gasteiger partial charge in [-0.15, -0.1) is 10.6 Å². The number of rotatable bonds is 3. The molecular formula is C12H11N5. The summed E-state index contributed by atoms with van der Waals surface area (Å²) >= 11 is 0. The van der Waals surface area contributed by atoms with E-state index in [1.165, 1.54) is 0 Å². The molecule has 0 saturated heterocycles. The molecule has 0 radical (unpaired) electrons. The summed E-state index contributed by atoms with van der Waals surface area (Å²) in [7, 11) is 0. The van der Waals surface area contributed by atoms with Gasteiger partial charge in [0.15, 0.2) is 5.69 Å². The maximum atomic E-state index is 8.40. The van der Waals surface area contributed by atoms with E-state index in [-0.39, 0.29) is 0 Å². The van der Waals surface area contributed by atoms with Gasteiger partial charge in [0.05, 0.1) is 0 Å². The first kappa shape index (κ1) is 11.0. The average molecular weight is 225 g/mol. The molecule has 0 unspecified atom stereocenters. The number of hydrogen-bond donors (Lipinski definition) is 1. The lowest BCUT2D eigenvalue weighted by Crippen LogP contribution is -2.23. The van der Waals surface area contributed by atoms with Crippen molar-refractivity contribution in [3.8, 4) is 11.1 Å². The van der Waals surface area contributed by atoms with Crippen molar-refractivity contribution < 1.29 is 0 Å². The van der Waals surface area contributed by atoms with E-state index in [9.17, 15) is 0 Å². The third-order valence-electron chi connectivity index (χ3n) is 2.37. The highest BCUT2D eigenvalue weighted by Gasteiger charge is 2.11. The number of anilines is 1. The molecule has 0 fully saturated rings. The van der Waals surface area contributed by atoms with E-state index in [2.05, 4.69) is 10.1 Å². The van der Waals surface area contributed by atoms with Crippen LogP contribution in [-0.4, -0.2) is 0 Å². The van der Waals surface area contributed by atoms with Crippen molar-refractivity contribution in [2.24, 2.45) is 11.1 Å². The Kier molecular flexibility index (Phi) is 3.25. The number of para-hydroxylation sites is 1. The van der Waals surface area contributed by atoms with Crippen LogP contribution in [0.25, 0.3) is 21.6 Å². The predicted molar refractivity (Wildman–Crippen MR) is 67.7 cm³/mol. The van der Waals surface area contributed by atoms with Crippen LogP contribution in [0.1, 0.15) is 0 Å². The molecule has 0 aliphatic rings. The fraction of sp³-hybridized carbons (Fsp3) is 0. The van der Waals surface area contributed by atoms with Gasteiger partial charge in [-0.3, -0.25) is 0 Å². The first-order chi connectivity index (χ1) is 8.33. The Labute approximate surface area is 98.7 Å². The largest absolute Gasteiger partial charge is 0.167 e. The molecule has 0 aliphatic heterocycles. The number of nitrogens with two attached hydrogens (primary N) is 1. The Morgan fingerprint density at radius 3 is 2.35 bits per heavy atom. The van der Waals surface area contributed by atoms with E-state index in [0.29, 0.717) is 5.69 Å². The van der Waals surface area contributed by atoms with Crippen molar-refractivity contribution in [1.82, 2.24) is 0 Å². The van der Waals surface area contributed by atoms with E-state index < -0.39 is 0 Å². The van der Waals surface area contributed by atoms with Crippen LogP contribution in [0, 0.1) is 0 Å². The van der Waals surface area contributed by atoms with Crippen LogP contribution >= 0.6 is 0 Å². The minimum atomic E-state index is 0.663. The van der Waals surface area contributed by atoms with E-state index >= 15 is 0 Å². The molecular weight excluding hydrogens is 214 g/mol. The van der Waals surface area contributed by atoms with Gasteiger partial charge in [0.1, 0.15) is 0 Å². The van der Waals surface area contributed by atoms with Crippen molar-refractivity contribution in [3.63, 3.8) is 0 Å². The number of nitrogens with zero attached hydrogens (tertiary/aromatic N) is 4. The van der Waals surface area contributed by atoms with Crippen molar-refractivity contribution in [1.29, 1.82) is 0 Å². The molecule has 5 nitrogen and oxygen atoms in total. The standard InChI is InChI=1S/C12H11N5/c13-15-16-17(14)12-9-5-4-8-11(12)10-6-2-1-3-7-10/h1-9H,14H2. The van der Waals surface area contributed by atoms with Gasteiger partial charge in [0.25, 0.3) is 0 Å². The summed E-state index contributed by atoms with van der Waals surface area (Å²) in [5.74, 6) is 5.66. The molecule has 0 atom stereocenters. The number of azide groups is 1. The third-order valence-corrected chi connectivity index (χ3v) is 2.37. The summed E-state index contributed by atoms with van der Waals surface area (Å²) in [5, 5.41) is 4.40. The number of benzene rings is 2. The van der Waals surface area contributed by atoms with Crippen LogP contribution < -0.4 is 11.0 Å². The molecule has 5 heteroatoms. The highest BCUT2D eigenvalue weighted by molar-refractivity contribution is 5.77. The lowest BCUT2D eigenvalue weighted by atomic mass is 10.0. The SMILES string of the molecule is [N-]=[N+]=NN(N)c1ccccc1-c1ccccc1. The van der Waals surface area contributed by atoms with E-state index in [0.717, 1.165) is 16.2 Å². The smallest absolute Gasteiger partial charge is 0.159 e. The second-order valence-electron chi connectivity index (χ2n) is 3.41. The molecule has 2 N–H and O–H groups in total. The van der Waals surface area contributed by atoms with Crippen molar-refractivity contribution in [2.75, 3.05) is 5.12 Å². The Balaban J connectivity index is 2.51. The highest BCUT2D eigenvalue weighted by Crippen LogP contribution is 2.29. The molecule has 2 rings (SSSR count). The zero-order chi connectivity index (χ0) is 12.1. The van der Waals surface area contributed by atoms with E-state index in [1.807, 2.05) is 48.5 Å². The van der Waals surface area contributed by atoms with Crippen LogP contribution in [0.2, 0.25) is 0 Å².